The van der Waals surface area contributed by atoms with Gasteiger partial charge in [-0.25, -0.2) is 4.39 Å². The van der Waals surface area contributed by atoms with Crippen molar-refractivity contribution in [2.75, 3.05) is 4.90 Å². The number of rotatable bonds is 4. The monoisotopic (exact) mass is 326 g/mol. The molecule has 2 aromatic carbocycles. The van der Waals surface area contributed by atoms with E-state index >= 15 is 0 Å². The molecule has 24 heavy (non-hydrogen) atoms. The fourth-order valence-electron chi connectivity index (χ4n) is 3.02. The molecule has 0 aromatic heterocycles. The zero-order chi connectivity index (χ0) is 17.1. The van der Waals surface area contributed by atoms with Gasteiger partial charge in [0.25, 0.3) is 0 Å². The standard InChI is InChI=1S/C19H19FN2O2/c1-2-18(23)22-16-10-6-4-7-13(16)11-17(22)19(24)21-12-14-8-3-5-9-15(14)20/h3-10,17H,2,11-12H2,1H3,(H,21,24). The highest BCUT2D eigenvalue weighted by Gasteiger charge is 2.37. The zero-order valence-corrected chi connectivity index (χ0v) is 13.5. The van der Waals surface area contributed by atoms with E-state index in [2.05, 4.69) is 5.32 Å². The number of para-hydroxylation sites is 1. The second kappa shape index (κ2) is 6.83. The van der Waals surface area contributed by atoms with Crippen molar-refractivity contribution in [3.63, 3.8) is 0 Å². The predicted molar refractivity (Wildman–Crippen MR) is 90.0 cm³/mol. The van der Waals surface area contributed by atoms with Gasteiger partial charge in [0.1, 0.15) is 11.9 Å². The highest BCUT2D eigenvalue weighted by molar-refractivity contribution is 6.03. The molecule has 0 radical (unpaired) electrons. The number of carbonyl (C=O) groups is 2. The first kappa shape index (κ1) is 16.2. The quantitative estimate of drug-likeness (QED) is 0.939. The molecule has 0 saturated heterocycles. The summed E-state index contributed by atoms with van der Waals surface area (Å²) in [7, 11) is 0. The molecule has 0 saturated carbocycles. The van der Waals surface area contributed by atoms with Crippen molar-refractivity contribution < 1.29 is 14.0 Å². The van der Waals surface area contributed by atoms with Crippen LogP contribution < -0.4 is 10.2 Å². The summed E-state index contributed by atoms with van der Waals surface area (Å²) >= 11 is 0. The number of amides is 2. The SMILES string of the molecule is CCC(=O)N1c2ccccc2CC1C(=O)NCc1ccccc1F. The number of hydrogen-bond acceptors (Lipinski definition) is 2. The summed E-state index contributed by atoms with van der Waals surface area (Å²) in [6.45, 7) is 1.88. The maximum absolute atomic E-state index is 13.7. The van der Waals surface area contributed by atoms with E-state index in [4.69, 9.17) is 0 Å². The molecule has 124 valence electrons. The van der Waals surface area contributed by atoms with Crippen molar-refractivity contribution in [3.8, 4) is 0 Å². The van der Waals surface area contributed by atoms with Crippen LogP contribution in [0.15, 0.2) is 48.5 Å². The number of anilines is 1. The fraction of sp³-hybridized carbons (Fsp3) is 0.263. The molecule has 1 heterocycles. The van der Waals surface area contributed by atoms with E-state index in [1.165, 1.54) is 6.07 Å². The molecule has 0 bridgehead atoms. The van der Waals surface area contributed by atoms with Crippen LogP contribution in [0.2, 0.25) is 0 Å². The van der Waals surface area contributed by atoms with Crippen LogP contribution in [0.25, 0.3) is 0 Å². The summed E-state index contributed by atoms with van der Waals surface area (Å²) in [4.78, 5) is 26.5. The molecule has 5 heteroatoms. The molecule has 2 amide bonds. The van der Waals surface area contributed by atoms with Gasteiger partial charge in [-0.1, -0.05) is 43.3 Å². The number of fused-ring (bicyclic) bond motifs is 1. The summed E-state index contributed by atoms with van der Waals surface area (Å²) in [5.74, 6) is -0.712. The van der Waals surface area contributed by atoms with Crippen molar-refractivity contribution in [3.05, 3.63) is 65.5 Å². The molecule has 1 N–H and O–H groups in total. The molecule has 1 aliphatic rings. The molecule has 4 nitrogen and oxygen atoms in total. The van der Waals surface area contributed by atoms with Crippen molar-refractivity contribution >= 4 is 17.5 Å². The molecular formula is C19H19FN2O2. The van der Waals surface area contributed by atoms with Crippen LogP contribution in [-0.2, 0) is 22.6 Å². The maximum atomic E-state index is 13.7. The molecule has 0 fully saturated rings. The average molecular weight is 326 g/mol. The van der Waals surface area contributed by atoms with E-state index in [9.17, 15) is 14.0 Å². The lowest BCUT2D eigenvalue weighted by atomic mass is 10.1. The Labute approximate surface area is 140 Å². The summed E-state index contributed by atoms with van der Waals surface area (Å²) in [5.41, 5.74) is 2.19. The van der Waals surface area contributed by atoms with Crippen molar-refractivity contribution in [2.45, 2.75) is 32.4 Å². The number of benzene rings is 2. The molecular weight excluding hydrogens is 307 g/mol. The molecule has 3 rings (SSSR count). The summed E-state index contributed by atoms with van der Waals surface area (Å²) < 4.78 is 13.7. The largest absolute Gasteiger partial charge is 0.350 e. The maximum Gasteiger partial charge on any atom is 0.243 e. The second-order valence-corrected chi connectivity index (χ2v) is 5.78. The number of carbonyl (C=O) groups excluding carboxylic acids is 2. The van der Waals surface area contributed by atoms with Crippen LogP contribution in [0.3, 0.4) is 0 Å². The van der Waals surface area contributed by atoms with Gasteiger partial charge in [-0.05, 0) is 17.7 Å². The Morgan fingerprint density at radius 1 is 1.17 bits per heavy atom. The molecule has 1 atom stereocenters. The minimum absolute atomic E-state index is 0.0917. The normalized spacial score (nSPS) is 15.9. The molecule has 0 spiro atoms. The number of nitrogens with zero attached hydrogens (tertiary/aromatic N) is 1. The third-order valence-electron chi connectivity index (χ3n) is 4.26. The number of halogens is 1. The van der Waals surface area contributed by atoms with Crippen LogP contribution in [0.5, 0.6) is 0 Å². The van der Waals surface area contributed by atoms with Gasteiger partial charge < -0.3 is 5.32 Å². The summed E-state index contributed by atoms with van der Waals surface area (Å²) in [6.07, 6.45) is 0.802. The van der Waals surface area contributed by atoms with Crippen LogP contribution in [-0.4, -0.2) is 17.9 Å². The van der Waals surface area contributed by atoms with Crippen molar-refractivity contribution in [2.24, 2.45) is 0 Å². The smallest absolute Gasteiger partial charge is 0.243 e. The highest BCUT2D eigenvalue weighted by atomic mass is 19.1. The van der Waals surface area contributed by atoms with Gasteiger partial charge >= 0.3 is 0 Å². The Hall–Kier alpha value is -2.69. The van der Waals surface area contributed by atoms with Crippen molar-refractivity contribution in [1.29, 1.82) is 0 Å². The van der Waals surface area contributed by atoms with Gasteiger partial charge in [-0.2, -0.15) is 0 Å². The Morgan fingerprint density at radius 2 is 1.88 bits per heavy atom. The lowest BCUT2D eigenvalue weighted by molar-refractivity contribution is -0.126. The van der Waals surface area contributed by atoms with Gasteiger partial charge in [0.05, 0.1) is 0 Å². The van der Waals surface area contributed by atoms with Crippen LogP contribution >= 0.6 is 0 Å². The van der Waals surface area contributed by atoms with Gasteiger partial charge in [-0.3, -0.25) is 14.5 Å². The Balaban J connectivity index is 1.77. The van der Waals surface area contributed by atoms with E-state index in [-0.39, 0.29) is 24.2 Å². The summed E-state index contributed by atoms with van der Waals surface area (Å²) in [5, 5.41) is 2.75. The molecule has 1 aliphatic heterocycles. The number of hydrogen-bond donors (Lipinski definition) is 1. The van der Waals surface area contributed by atoms with E-state index < -0.39 is 6.04 Å². The van der Waals surface area contributed by atoms with Crippen LogP contribution in [0.1, 0.15) is 24.5 Å². The highest BCUT2D eigenvalue weighted by Crippen LogP contribution is 2.32. The van der Waals surface area contributed by atoms with E-state index in [1.807, 2.05) is 24.3 Å². The Bertz CT molecular complexity index is 775. The van der Waals surface area contributed by atoms with E-state index in [0.717, 1.165) is 11.3 Å². The van der Waals surface area contributed by atoms with Crippen LogP contribution in [0.4, 0.5) is 10.1 Å². The van der Waals surface area contributed by atoms with E-state index in [0.29, 0.717) is 18.4 Å². The second-order valence-electron chi connectivity index (χ2n) is 5.78. The predicted octanol–water partition coefficient (Wildman–Crippen LogP) is 2.81. The lowest BCUT2D eigenvalue weighted by Gasteiger charge is -2.24. The first-order valence-electron chi connectivity index (χ1n) is 8.03. The van der Waals surface area contributed by atoms with Crippen LogP contribution in [0, 0.1) is 5.82 Å². The fourth-order valence-corrected chi connectivity index (χ4v) is 3.02. The van der Waals surface area contributed by atoms with Gasteiger partial charge in [0, 0.05) is 30.6 Å². The van der Waals surface area contributed by atoms with E-state index in [1.54, 1.807) is 30.0 Å². The third kappa shape index (κ3) is 3.02. The topological polar surface area (TPSA) is 49.4 Å². The first-order chi connectivity index (χ1) is 11.6. The zero-order valence-electron chi connectivity index (χ0n) is 13.5. The van der Waals surface area contributed by atoms with Gasteiger partial charge in [0.2, 0.25) is 11.8 Å². The van der Waals surface area contributed by atoms with Gasteiger partial charge in [-0.15, -0.1) is 0 Å². The minimum Gasteiger partial charge on any atom is -0.350 e. The van der Waals surface area contributed by atoms with Crippen molar-refractivity contribution in [1.82, 2.24) is 5.32 Å². The Kier molecular flexibility index (Phi) is 4.60. The van der Waals surface area contributed by atoms with Gasteiger partial charge in [0.15, 0.2) is 0 Å². The summed E-state index contributed by atoms with van der Waals surface area (Å²) in [6, 6.07) is 13.3. The first-order valence-corrected chi connectivity index (χ1v) is 8.03. The molecule has 1 unspecified atom stereocenters. The molecule has 0 aliphatic carbocycles. The lowest BCUT2D eigenvalue weighted by Crippen LogP contribution is -2.47. The minimum atomic E-state index is -0.582. The number of nitrogens with one attached hydrogen (secondary N) is 1. The third-order valence-corrected chi connectivity index (χ3v) is 4.26. The molecule has 2 aromatic rings. The Morgan fingerprint density at radius 3 is 2.62 bits per heavy atom. The average Bonchev–Trinajstić information content (AvgIpc) is 2.99.